The smallest absolute Gasteiger partial charge is 0.338 e. The Bertz CT molecular complexity index is 679. The fourth-order valence-electron chi connectivity index (χ4n) is 2.63. The molecule has 0 saturated heterocycles. The summed E-state index contributed by atoms with van der Waals surface area (Å²) in [5.41, 5.74) is 0.252. The van der Waals surface area contributed by atoms with E-state index in [1.54, 1.807) is 6.92 Å². The van der Waals surface area contributed by atoms with Crippen LogP contribution in [-0.2, 0) is 14.8 Å². The molecule has 2 rings (SSSR count). The first-order valence-electron chi connectivity index (χ1n) is 8.03. The Labute approximate surface area is 141 Å². The second-order valence-corrected chi connectivity index (χ2v) is 7.34. The third kappa shape index (κ3) is 4.95. The highest BCUT2D eigenvalue weighted by Crippen LogP contribution is 2.17. The number of hydrogen-bond acceptors (Lipinski definition) is 5. The van der Waals surface area contributed by atoms with Crippen molar-refractivity contribution in [2.75, 3.05) is 6.61 Å². The number of rotatable bonds is 5. The average molecular weight is 354 g/mol. The third-order valence-corrected chi connectivity index (χ3v) is 5.19. The molecule has 0 aliphatic heterocycles. The largest absolute Gasteiger partial charge is 0.462 e. The maximum Gasteiger partial charge on any atom is 0.338 e. The van der Waals surface area contributed by atoms with Gasteiger partial charge in [-0.1, -0.05) is 19.3 Å². The number of carbonyl (C=O) groups excluding carboxylic acids is 2. The molecule has 0 unspecified atom stereocenters. The van der Waals surface area contributed by atoms with Crippen LogP contribution < -0.4 is 10.0 Å². The molecule has 0 heterocycles. The van der Waals surface area contributed by atoms with Gasteiger partial charge in [0.1, 0.15) is 0 Å². The van der Waals surface area contributed by atoms with Gasteiger partial charge >= 0.3 is 12.0 Å². The minimum atomic E-state index is -3.98. The predicted octanol–water partition coefficient (Wildman–Crippen LogP) is 2.18. The zero-order chi connectivity index (χ0) is 17.6. The van der Waals surface area contributed by atoms with Crippen LogP contribution in [0.3, 0.4) is 0 Å². The molecule has 24 heavy (non-hydrogen) atoms. The summed E-state index contributed by atoms with van der Waals surface area (Å²) < 4.78 is 31.2. The highest BCUT2D eigenvalue weighted by Gasteiger charge is 2.21. The topological polar surface area (TPSA) is 102 Å². The summed E-state index contributed by atoms with van der Waals surface area (Å²) in [6, 6.07) is 4.53. The SMILES string of the molecule is CCOC(=O)c1ccc(S(=O)(=O)NC(=O)NC2CCCCC2)cc1. The second-order valence-electron chi connectivity index (χ2n) is 5.66. The van der Waals surface area contributed by atoms with E-state index in [2.05, 4.69) is 5.32 Å². The van der Waals surface area contributed by atoms with Crippen LogP contribution in [0, 0.1) is 0 Å². The first kappa shape index (κ1) is 18.3. The second kappa shape index (κ2) is 8.14. The van der Waals surface area contributed by atoms with Crippen LogP contribution in [0.25, 0.3) is 0 Å². The van der Waals surface area contributed by atoms with E-state index in [-0.39, 0.29) is 23.1 Å². The Balaban J connectivity index is 1.98. The van der Waals surface area contributed by atoms with Crippen LogP contribution in [-0.4, -0.2) is 33.1 Å². The van der Waals surface area contributed by atoms with Gasteiger partial charge in [0.05, 0.1) is 17.1 Å². The lowest BCUT2D eigenvalue weighted by Gasteiger charge is -2.22. The summed E-state index contributed by atoms with van der Waals surface area (Å²) in [6.07, 6.45) is 4.94. The van der Waals surface area contributed by atoms with E-state index in [1.165, 1.54) is 24.3 Å². The first-order chi connectivity index (χ1) is 11.4. The number of carbonyl (C=O) groups is 2. The highest BCUT2D eigenvalue weighted by molar-refractivity contribution is 7.90. The van der Waals surface area contributed by atoms with Crippen LogP contribution in [0.15, 0.2) is 29.2 Å². The minimum Gasteiger partial charge on any atom is -0.462 e. The predicted molar refractivity (Wildman–Crippen MR) is 88.1 cm³/mol. The van der Waals surface area contributed by atoms with Crippen molar-refractivity contribution in [3.63, 3.8) is 0 Å². The standard InChI is InChI=1S/C16H22N2O5S/c1-2-23-15(19)12-8-10-14(11-9-12)24(21,22)18-16(20)17-13-6-4-3-5-7-13/h8-11,13H,2-7H2,1H3,(H2,17,18,20). The van der Waals surface area contributed by atoms with E-state index in [9.17, 15) is 18.0 Å². The average Bonchev–Trinajstić information content (AvgIpc) is 2.55. The molecule has 0 aromatic heterocycles. The molecule has 2 N–H and O–H groups in total. The van der Waals surface area contributed by atoms with E-state index in [0.29, 0.717) is 0 Å². The quantitative estimate of drug-likeness (QED) is 0.789. The number of urea groups is 1. The molecule has 1 aromatic carbocycles. The van der Waals surface area contributed by atoms with Gasteiger partial charge in [-0.15, -0.1) is 0 Å². The minimum absolute atomic E-state index is 0.0140. The molecule has 1 aliphatic carbocycles. The van der Waals surface area contributed by atoms with E-state index in [1.807, 2.05) is 4.72 Å². The van der Waals surface area contributed by atoms with E-state index >= 15 is 0 Å². The molecule has 0 bridgehead atoms. The first-order valence-corrected chi connectivity index (χ1v) is 9.51. The number of esters is 1. The van der Waals surface area contributed by atoms with Gasteiger partial charge in [-0.05, 0) is 44.0 Å². The van der Waals surface area contributed by atoms with Gasteiger partial charge in [0.2, 0.25) is 0 Å². The molecule has 0 atom stereocenters. The van der Waals surface area contributed by atoms with Gasteiger partial charge in [0, 0.05) is 6.04 Å². The Morgan fingerprint density at radius 2 is 1.75 bits per heavy atom. The van der Waals surface area contributed by atoms with Crippen molar-refractivity contribution in [3.05, 3.63) is 29.8 Å². The van der Waals surface area contributed by atoms with E-state index in [4.69, 9.17) is 4.74 Å². The molecule has 0 radical (unpaired) electrons. The summed E-state index contributed by atoms with van der Waals surface area (Å²) in [6.45, 7) is 1.92. The molecular formula is C16H22N2O5S. The van der Waals surface area contributed by atoms with Crippen molar-refractivity contribution in [1.82, 2.24) is 10.0 Å². The molecular weight excluding hydrogens is 332 g/mol. The number of benzene rings is 1. The number of hydrogen-bond donors (Lipinski definition) is 2. The third-order valence-electron chi connectivity index (χ3n) is 3.84. The zero-order valence-electron chi connectivity index (χ0n) is 13.6. The van der Waals surface area contributed by atoms with Crippen LogP contribution >= 0.6 is 0 Å². The molecule has 0 spiro atoms. The Morgan fingerprint density at radius 1 is 1.12 bits per heavy atom. The Kier molecular flexibility index (Phi) is 6.19. The number of sulfonamides is 1. The normalized spacial score (nSPS) is 15.5. The van der Waals surface area contributed by atoms with Crippen molar-refractivity contribution in [1.29, 1.82) is 0 Å². The van der Waals surface area contributed by atoms with Crippen molar-refractivity contribution in [2.24, 2.45) is 0 Å². The van der Waals surface area contributed by atoms with E-state index < -0.39 is 22.0 Å². The lowest BCUT2D eigenvalue weighted by molar-refractivity contribution is 0.0526. The molecule has 1 fully saturated rings. The molecule has 132 valence electrons. The van der Waals surface area contributed by atoms with Crippen molar-refractivity contribution < 1.29 is 22.7 Å². The zero-order valence-corrected chi connectivity index (χ0v) is 14.4. The number of nitrogens with one attached hydrogen (secondary N) is 2. The van der Waals surface area contributed by atoms with Gasteiger partial charge in [0.25, 0.3) is 10.0 Å². The Morgan fingerprint density at radius 3 is 2.33 bits per heavy atom. The fraction of sp³-hybridized carbons (Fsp3) is 0.500. The van der Waals surface area contributed by atoms with Gasteiger partial charge in [-0.2, -0.15) is 0 Å². The lowest BCUT2D eigenvalue weighted by atomic mass is 9.96. The summed E-state index contributed by atoms with van der Waals surface area (Å²) in [5, 5.41) is 2.69. The van der Waals surface area contributed by atoms with E-state index in [0.717, 1.165) is 32.1 Å². The highest BCUT2D eigenvalue weighted by atomic mass is 32.2. The van der Waals surface area contributed by atoms with Crippen molar-refractivity contribution >= 4 is 22.0 Å². The molecule has 2 amide bonds. The molecule has 1 aromatic rings. The Hall–Kier alpha value is -2.09. The van der Waals surface area contributed by atoms with Gasteiger partial charge in [0.15, 0.2) is 0 Å². The molecule has 8 heteroatoms. The fourth-order valence-corrected chi connectivity index (χ4v) is 3.54. The molecule has 1 saturated carbocycles. The summed E-state index contributed by atoms with van der Waals surface area (Å²) >= 11 is 0. The summed E-state index contributed by atoms with van der Waals surface area (Å²) in [4.78, 5) is 23.3. The maximum atomic E-state index is 12.2. The van der Waals surface area contributed by atoms with Crippen molar-refractivity contribution in [3.8, 4) is 0 Å². The van der Waals surface area contributed by atoms with Crippen LogP contribution in [0.2, 0.25) is 0 Å². The summed E-state index contributed by atoms with van der Waals surface area (Å²) in [5.74, 6) is -0.524. The number of ether oxygens (including phenoxy) is 1. The van der Waals surface area contributed by atoms with Crippen LogP contribution in [0.4, 0.5) is 4.79 Å². The maximum absolute atomic E-state index is 12.2. The monoisotopic (exact) mass is 354 g/mol. The summed E-state index contributed by atoms with van der Waals surface area (Å²) in [7, 11) is -3.98. The van der Waals surface area contributed by atoms with Crippen LogP contribution in [0.5, 0.6) is 0 Å². The van der Waals surface area contributed by atoms with Crippen LogP contribution in [0.1, 0.15) is 49.4 Å². The van der Waals surface area contributed by atoms with Crippen molar-refractivity contribution in [2.45, 2.75) is 50.0 Å². The van der Waals surface area contributed by atoms with Gasteiger partial charge in [-0.3, -0.25) is 0 Å². The lowest BCUT2D eigenvalue weighted by Crippen LogP contribution is -2.45. The van der Waals surface area contributed by atoms with Gasteiger partial charge < -0.3 is 10.1 Å². The number of amides is 2. The van der Waals surface area contributed by atoms with Gasteiger partial charge in [-0.25, -0.2) is 22.7 Å². The molecule has 1 aliphatic rings. The molecule has 7 nitrogen and oxygen atoms in total.